The van der Waals surface area contributed by atoms with Crippen molar-refractivity contribution in [3.63, 3.8) is 0 Å². The van der Waals surface area contributed by atoms with Crippen molar-refractivity contribution in [3.05, 3.63) is 44.6 Å². The summed E-state index contributed by atoms with van der Waals surface area (Å²) in [5.41, 5.74) is -0.180. The number of halogens is 5. The number of hydrogen-bond acceptors (Lipinski definition) is 3. The van der Waals surface area contributed by atoms with Crippen molar-refractivity contribution in [2.45, 2.75) is 0 Å². The average Bonchev–Trinajstić information content (AvgIpc) is 2.28. The molecule has 94 valence electrons. The Bertz CT molecular complexity index is 587. The lowest BCUT2D eigenvalue weighted by molar-refractivity contribution is 0.589. The quantitative estimate of drug-likeness (QED) is 0.858. The molecule has 2 aromatic rings. The zero-order valence-corrected chi connectivity index (χ0v) is 11.6. The monoisotopic (exact) mass is 353 g/mol. The van der Waals surface area contributed by atoms with Gasteiger partial charge in [-0.2, -0.15) is 0 Å². The molecule has 0 unspecified atom stereocenters. The van der Waals surface area contributed by atoms with E-state index in [0.717, 1.165) is 12.1 Å². The summed E-state index contributed by atoms with van der Waals surface area (Å²) >= 11 is 14.3. The van der Waals surface area contributed by atoms with E-state index in [1.54, 1.807) is 0 Å². The molecule has 0 fully saturated rings. The highest BCUT2D eigenvalue weighted by molar-refractivity contribution is 9.10. The zero-order chi connectivity index (χ0) is 13.3. The fourth-order valence-corrected chi connectivity index (χ4v) is 1.93. The highest BCUT2D eigenvalue weighted by Crippen LogP contribution is 2.30. The Hall–Kier alpha value is -0.980. The molecule has 0 aliphatic rings. The van der Waals surface area contributed by atoms with Gasteiger partial charge in [0.2, 0.25) is 0 Å². The average molecular weight is 355 g/mol. The third kappa shape index (κ3) is 2.88. The summed E-state index contributed by atoms with van der Waals surface area (Å²) in [6.07, 6.45) is 0. The third-order valence-corrected chi connectivity index (χ3v) is 2.91. The standard InChI is InChI=1S/C10H4BrCl2F2N3/c11-4-1-5(14)9(6(15)2-4)16-7-3-8(12)17-18-10(7)13/h1-3H,(H,16,17). The van der Waals surface area contributed by atoms with E-state index in [0.29, 0.717) is 4.47 Å². The van der Waals surface area contributed by atoms with Gasteiger partial charge in [-0.25, -0.2) is 8.78 Å². The lowest BCUT2D eigenvalue weighted by Gasteiger charge is -2.10. The van der Waals surface area contributed by atoms with Gasteiger partial charge >= 0.3 is 0 Å². The zero-order valence-electron chi connectivity index (χ0n) is 8.52. The Morgan fingerprint density at radius 2 is 1.67 bits per heavy atom. The first-order valence-corrected chi connectivity index (χ1v) is 6.12. The van der Waals surface area contributed by atoms with Crippen molar-refractivity contribution in [2.75, 3.05) is 5.32 Å². The molecule has 0 aliphatic carbocycles. The molecule has 0 saturated carbocycles. The van der Waals surface area contributed by atoms with E-state index in [2.05, 4.69) is 31.4 Å². The van der Waals surface area contributed by atoms with E-state index in [4.69, 9.17) is 23.2 Å². The summed E-state index contributed by atoms with van der Waals surface area (Å²) in [6, 6.07) is 3.56. The van der Waals surface area contributed by atoms with Crippen molar-refractivity contribution in [1.29, 1.82) is 0 Å². The minimum absolute atomic E-state index is 0.0406. The number of hydrogen-bond donors (Lipinski definition) is 1. The molecule has 1 aromatic carbocycles. The fourth-order valence-electron chi connectivity index (χ4n) is 1.24. The van der Waals surface area contributed by atoms with Crippen LogP contribution in [-0.2, 0) is 0 Å². The number of nitrogens with zero attached hydrogens (tertiary/aromatic N) is 2. The van der Waals surface area contributed by atoms with E-state index in [9.17, 15) is 8.78 Å². The highest BCUT2D eigenvalue weighted by Gasteiger charge is 2.13. The van der Waals surface area contributed by atoms with Gasteiger partial charge in [-0.05, 0) is 12.1 Å². The lowest BCUT2D eigenvalue weighted by Crippen LogP contribution is -2.00. The Morgan fingerprint density at radius 1 is 1.06 bits per heavy atom. The van der Waals surface area contributed by atoms with Crippen molar-refractivity contribution >= 4 is 50.5 Å². The predicted molar refractivity (Wildman–Crippen MR) is 69.4 cm³/mol. The van der Waals surface area contributed by atoms with Crippen LogP contribution in [-0.4, -0.2) is 10.2 Å². The number of rotatable bonds is 2. The summed E-state index contributed by atoms with van der Waals surface area (Å²) in [5.74, 6) is -1.54. The van der Waals surface area contributed by atoms with Gasteiger partial charge in [0.15, 0.2) is 21.9 Å². The summed E-state index contributed by atoms with van der Waals surface area (Å²) in [4.78, 5) is 0. The van der Waals surface area contributed by atoms with Crippen molar-refractivity contribution in [2.24, 2.45) is 0 Å². The maximum absolute atomic E-state index is 13.6. The SMILES string of the molecule is Fc1cc(Br)cc(F)c1Nc1cc(Cl)nnc1Cl. The van der Waals surface area contributed by atoms with E-state index in [-0.39, 0.29) is 21.7 Å². The van der Waals surface area contributed by atoms with Gasteiger partial charge in [0.25, 0.3) is 0 Å². The Morgan fingerprint density at radius 3 is 2.28 bits per heavy atom. The first-order chi connectivity index (χ1) is 8.47. The van der Waals surface area contributed by atoms with Gasteiger partial charge in [0.05, 0.1) is 5.69 Å². The number of nitrogens with one attached hydrogen (secondary N) is 1. The molecule has 0 saturated heterocycles. The molecule has 18 heavy (non-hydrogen) atoms. The smallest absolute Gasteiger partial charge is 0.175 e. The third-order valence-electron chi connectivity index (χ3n) is 1.99. The maximum Gasteiger partial charge on any atom is 0.175 e. The second kappa shape index (κ2) is 5.34. The molecule has 1 aromatic heterocycles. The summed E-state index contributed by atoms with van der Waals surface area (Å²) in [5, 5.41) is 9.51. The molecule has 0 bridgehead atoms. The molecule has 1 N–H and O–H groups in total. The van der Waals surface area contributed by atoms with Crippen LogP contribution in [0.3, 0.4) is 0 Å². The molecule has 0 spiro atoms. The van der Waals surface area contributed by atoms with Gasteiger partial charge in [0, 0.05) is 10.5 Å². The minimum atomic E-state index is -0.772. The lowest BCUT2D eigenvalue weighted by atomic mass is 10.3. The van der Waals surface area contributed by atoms with Crippen LogP contribution in [0.5, 0.6) is 0 Å². The summed E-state index contributed by atoms with van der Waals surface area (Å²) in [6.45, 7) is 0. The number of benzene rings is 1. The summed E-state index contributed by atoms with van der Waals surface area (Å²) < 4.78 is 27.5. The normalized spacial score (nSPS) is 10.5. The molecule has 8 heteroatoms. The second-order valence-electron chi connectivity index (χ2n) is 3.24. The second-order valence-corrected chi connectivity index (χ2v) is 4.90. The largest absolute Gasteiger partial charge is 0.348 e. The van der Waals surface area contributed by atoms with E-state index >= 15 is 0 Å². The summed E-state index contributed by atoms with van der Waals surface area (Å²) in [7, 11) is 0. The first kappa shape index (κ1) is 13.5. The van der Waals surface area contributed by atoms with Crippen molar-refractivity contribution < 1.29 is 8.78 Å². The molecule has 2 rings (SSSR count). The molecule has 0 amide bonds. The van der Waals surface area contributed by atoms with E-state index < -0.39 is 11.6 Å². The van der Waals surface area contributed by atoms with Gasteiger partial charge in [0.1, 0.15) is 5.69 Å². The molecule has 1 heterocycles. The Kier molecular flexibility index (Phi) is 3.99. The predicted octanol–water partition coefficient (Wildman–Crippen LogP) is 4.57. The molecular weight excluding hydrogens is 351 g/mol. The van der Waals surface area contributed by atoms with Crippen LogP contribution >= 0.6 is 39.1 Å². The van der Waals surface area contributed by atoms with Crippen LogP contribution < -0.4 is 5.32 Å². The molecule has 0 atom stereocenters. The van der Waals surface area contributed by atoms with Crippen LogP contribution in [0, 0.1) is 11.6 Å². The highest BCUT2D eigenvalue weighted by atomic mass is 79.9. The van der Waals surface area contributed by atoms with Gasteiger partial charge in [-0.1, -0.05) is 39.1 Å². The van der Waals surface area contributed by atoms with Crippen LogP contribution in [0.4, 0.5) is 20.2 Å². The fraction of sp³-hybridized carbons (Fsp3) is 0. The maximum atomic E-state index is 13.6. The van der Waals surface area contributed by atoms with Crippen molar-refractivity contribution in [1.82, 2.24) is 10.2 Å². The van der Waals surface area contributed by atoms with Crippen molar-refractivity contribution in [3.8, 4) is 0 Å². The van der Waals surface area contributed by atoms with Gasteiger partial charge in [-0.3, -0.25) is 0 Å². The molecule has 0 aliphatic heterocycles. The molecule has 0 radical (unpaired) electrons. The first-order valence-electron chi connectivity index (χ1n) is 4.57. The Balaban J connectivity index is 2.43. The van der Waals surface area contributed by atoms with E-state index in [1.165, 1.54) is 6.07 Å². The number of anilines is 2. The molecular formula is C10H4BrCl2F2N3. The number of aromatic nitrogens is 2. The van der Waals surface area contributed by atoms with E-state index in [1.807, 2.05) is 0 Å². The topological polar surface area (TPSA) is 37.8 Å². The van der Waals surface area contributed by atoms with Crippen LogP contribution in [0.25, 0.3) is 0 Å². The minimum Gasteiger partial charge on any atom is -0.348 e. The molecule has 3 nitrogen and oxygen atoms in total. The van der Waals surface area contributed by atoms with Gasteiger partial charge < -0.3 is 5.32 Å². The van der Waals surface area contributed by atoms with Crippen LogP contribution in [0.1, 0.15) is 0 Å². The van der Waals surface area contributed by atoms with Crippen LogP contribution in [0.15, 0.2) is 22.7 Å². The Labute approximate surface area is 119 Å². The van der Waals surface area contributed by atoms with Crippen LogP contribution in [0.2, 0.25) is 10.3 Å². The van der Waals surface area contributed by atoms with Gasteiger partial charge in [-0.15, -0.1) is 10.2 Å².